The van der Waals surface area contributed by atoms with Crippen molar-refractivity contribution in [1.29, 1.82) is 0 Å². The van der Waals surface area contributed by atoms with Gasteiger partial charge in [-0.3, -0.25) is 4.79 Å². The van der Waals surface area contributed by atoms with Crippen molar-refractivity contribution in [3.63, 3.8) is 0 Å². The molecule has 1 amide bonds. The summed E-state index contributed by atoms with van der Waals surface area (Å²) in [5, 5.41) is 6.76. The highest BCUT2D eigenvalue weighted by molar-refractivity contribution is 8.14. The summed E-state index contributed by atoms with van der Waals surface area (Å²) in [6, 6.07) is 17.0. The predicted octanol–water partition coefficient (Wildman–Crippen LogP) is 5.02. The highest BCUT2D eigenvalue weighted by atomic mass is 32.2. The minimum absolute atomic E-state index is 0.110. The Morgan fingerprint density at radius 2 is 1.81 bits per heavy atom. The Morgan fingerprint density at radius 3 is 2.50 bits per heavy atom. The molecule has 0 saturated heterocycles. The molecule has 2 N–H and O–H groups in total. The van der Waals surface area contributed by atoms with Crippen molar-refractivity contribution in [1.82, 2.24) is 5.32 Å². The second-order valence-electron chi connectivity index (χ2n) is 7.71. The summed E-state index contributed by atoms with van der Waals surface area (Å²) < 4.78 is 5.26. The summed E-state index contributed by atoms with van der Waals surface area (Å²) in [5.74, 6) is 0.00930. The second-order valence-corrected chi connectivity index (χ2v) is 8.67. The first-order valence-corrected chi connectivity index (χ1v) is 11.7. The third-order valence-corrected chi connectivity index (χ3v) is 5.91. The van der Waals surface area contributed by atoms with E-state index in [0.717, 1.165) is 16.8 Å². The third kappa shape index (κ3) is 5.79. The van der Waals surface area contributed by atoms with Crippen LogP contribution >= 0.6 is 11.8 Å². The number of ether oxygens (including phenoxy) is 1. The van der Waals surface area contributed by atoms with Crippen molar-refractivity contribution >= 4 is 34.5 Å². The van der Waals surface area contributed by atoms with Gasteiger partial charge in [-0.25, -0.2) is 9.79 Å². The lowest BCUT2D eigenvalue weighted by Gasteiger charge is -2.25. The summed E-state index contributed by atoms with van der Waals surface area (Å²) >= 11 is 1.31. The van der Waals surface area contributed by atoms with Gasteiger partial charge in [0.25, 0.3) is 0 Å². The van der Waals surface area contributed by atoms with Crippen LogP contribution in [0.5, 0.6) is 0 Å². The third-order valence-electron chi connectivity index (χ3n) is 5.03. The number of hydrogen-bond acceptors (Lipinski definition) is 6. The van der Waals surface area contributed by atoms with Crippen LogP contribution in [0.2, 0.25) is 0 Å². The lowest BCUT2D eigenvalue weighted by molar-refractivity contribution is -0.139. The minimum atomic E-state index is -0.483. The Kier molecular flexibility index (Phi) is 8.11. The molecule has 0 saturated carbocycles. The number of thioether (sulfide) groups is 1. The van der Waals surface area contributed by atoms with Crippen LogP contribution in [0.3, 0.4) is 0 Å². The zero-order valence-electron chi connectivity index (χ0n) is 18.8. The summed E-state index contributed by atoms with van der Waals surface area (Å²) in [6.07, 6.45) is 0. The number of rotatable bonds is 7. The number of aliphatic imine (C=N–C) groups is 1. The van der Waals surface area contributed by atoms with E-state index in [9.17, 15) is 9.59 Å². The van der Waals surface area contributed by atoms with Crippen LogP contribution in [-0.2, 0) is 14.3 Å². The van der Waals surface area contributed by atoms with Crippen LogP contribution in [0.4, 0.5) is 5.69 Å². The van der Waals surface area contributed by atoms with Crippen LogP contribution in [0.15, 0.2) is 70.9 Å². The number of hydrogen-bond donors (Lipinski definition) is 2. The number of esters is 1. The van der Waals surface area contributed by atoms with Crippen LogP contribution in [0.25, 0.3) is 0 Å². The average molecular weight is 452 g/mol. The highest BCUT2D eigenvalue weighted by Crippen LogP contribution is 2.33. The molecule has 2 aromatic rings. The number of nitrogens with zero attached hydrogens (tertiary/aromatic N) is 1. The van der Waals surface area contributed by atoms with Gasteiger partial charge in [0, 0.05) is 11.4 Å². The van der Waals surface area contributed by atoms with E-state index >= 15 is 0 Å². The largest absolute Gasteiger partial charge is 0.463 e. The Balaban J connectivity index is 1.74. The van der Waals surface area contributed by atoms with E-state index in [-0.39, 0.29) is 17.6 Å². The first-order chi connectivity index (χ1) is 15.4. The van der Waals surface area contributed by atoms with E-state index in [1.54, 1.807) is 6.92 Å². The number of amidine groups is 1. The van der Waals surface area contributed by atoms with Gasteiger partial charge in [0.2, 0.25) is 5.91 Å². The molecule has 0 fully saturated rings. The number of carbonyl (C=O) groups is 2. The Bertz CT molecular complexity index is 1030. The summed E-state index contributed by atoms with van der Waals surface area (Å²) in [7, 11) is 0. The zero-order chi connectivity index (χ0) is 23.1. The number of carbonyl (C=O) groups excluding carboxylic acids is 2. The van der Waals surface area contributed by atoms with Crippen molar-refractivity contribution in [3.8, 4) is 0 Å². The number of para-hydroxylation sites is 1. The molecule has 2 aromatic carbocycles. The van der Waals surface area contributed by atoms with E-state index in [4.69, 9.17) is 9.73 Å². The maximum Gasteiger partial charge on any atom is 0.338 e. The lowest BCUT2D eigenvalue weighted by atomic mass is 9.97. The Hall–Kier alpha value is -3.06. The Morgan fingerprint density at radius 1 is 1.12 bits per heavy atom. The molecule has 3 rings (SSSR count). The molecule has 0 radical (unpaired) electrons. The molecule has 6 nitrogen and oxygen atoms in total. The van der Waals surface area contributed by atoms with Gasteiger partial charge in [0.05, 0.1) is 17.9 Å². The summed E-state index contributed by atoms with van der Waals surface area (Å²) in [6.45, 7) is 8.10. The van der Waals surface area contributed by atoms with Gasteiger partial charge in [-0.1, -0.05) is 74.1 Å². The number of benzene rings is 2. The van der Waals surface area contributed by atoms with E-state index in [2.05, 4.69) is 24.5 Å². The molecule has 1 aliphatic heterocycles. The lowest BCUT2D eigenvalue weighted by Crippen LogP contribution is -2.31. The topological polar surface area (TPSA) is 79.8 Å². The summed E-state index contributed by atoms with van der Waals surface area (Å²) in [5.41, 5.74) is 3.98. The first-order valence-electron chi connectivity index (χ1n) is 10.7. The predicted molar refractivity (Wildman–Crippen MR) is 131 cm³/mol. The summed E-state index contributed by atoms with van der Waals surface area (Å²) in [4.78, 5) is 30.0. The molecule has 7 heteroatoms. The first kappa shape index (κ1) is 23.6. The second kappa shape index (κ2) is 11.0. The number of allylic oxidation sites excluding steroid dienone is 1. The fraction of sp³-hybridized carbons (Fsp3) is 0.320. The normalized spacial score (nSPS) is 15.8. The molecule has 0 bridgehead atoms. The van der Waals surface area contributed by atoms with E-state index < -0.39 is 6.04 Å². The average Bonchev–Trinajstić information content (AvgIpc) is 2.78. The molecular weight excluding hydrogens is 422 g/mol. The van der Waals surface area contributed by atoms with Crippen molar-refractivity contribution in [3.05, 3.63) is 77.0 Å². The monoisotopic (exact) mass is 451 g/mol. The van der Waals surface area contributed by atoms with Crippen LogP contribution in [0.1, 0.15) is 50.8 Å². The molecule has 168 valence electrons. The van der Waals surface area contributed by atoms with Crippen molar-refractivity contribution < 1.29 is 14.3 Å². The molecule has 0 spiro atoms. The fourth-order valence-corrected chi connectivity index (χ4v) is 4.25. The minimum Gasteiger partial charge on any atom is -0.463 e. The SMILES string of the molecule is CCOC(=O)C1=C(C)NC(SCC(=O)Nc2ccccc2C(C)C)=N[C@@H]1c1ccccc1. The van der Waals surface area contributed by atoms with E-state index in [1.165, 1.54) is 11.8 Å². The number of anilines is 1. The molecule has 0 aliphatic carbocycles. The van der Waals surface area contributed by atoms with Crippen LogP contribution in [-0.4, -0.2) is 29.4 Å². The maximum atomic E-state index is 12.6. The van der Waals surface area contributed by atoms with Gasteiger partial charge in [-0.2, -0.15) is 0 Å². The highest BCUT2D eigenvalue weighted by Gasteiger charge is 2.30. The van der Waals surface area contributed by atoms with Crippen molar-refractivity contribution in [2.45, 2.75) is 39.7 Å². The van der Waals surface area contributed by atoms with Gasteiger partial charge in [-0.05, 0) is 37.0 Å². The smallest absolute Gasteiger partial charge is 0.338 e. The number of nitrogens with one attached hydrogen (secondary N) is 2. The molecule has 32 heavy (non-hydrogen) atoms. The van der Waals surface area contributed by atoms with E-state index in [0.29, 0.717) is 29.0 Å². The molecular formula is C25H29N3O3S. The Labute approximate surface area is 193 Å². The van der Waals surface area contributed by atoms with Crippen molar-refractivity contribution in [2.75, 3.05) is 17.7 Å². The van der Waals surface area contributed by atoms with E-state index in [1.807, 2.05) is 61.5 Å². The quantitative estimate of drug-likeness (QED) is 0.578. The van der Waals surface area contributed by atoms with Gasteiger partial charge in [0.1, 0.15) is 6.04 Å². The fourth-order valence-electron chi connectivity index (χ4n) is 3.50. The van der Waals surface area contributed by atoms with Crippen molar-refractivity contribution in [2.24, 2.45) is 4.99 Å². The van der Waals surface area contributed by atoms with Crippen LogP contribution in [0, 0.1) is 0 Å². The zero-order valence-corrected chi connectivity index (χ0v) is 19.7. The van der Waals surface area contributed by atoms with Gasteiger partial charge >= 0.3 is 5.97 Å². The van der Waals surface area contributed by atoms with Gasteiger partial charge < -0.3 is 15.4 Å². The molecule has 0 unspecified atom stereocenters. The maximum absolute atomic E-state index is 12.6. The van der Waals surface area contributed by atoms with Gasteiger partial charge in [0.15, 0.2) is 5.17 Å². The molecule has 1 aliphatic rings. The molecule has 0 aromatic heterocycles. The molecule has 1 atom stereocenters. The van der Waals surface area contributed by atoms with Gasteiger partial charge in [-0.15, -0.1) is 0 Å². The molecule has 1 heterocycles. The van der Waals surface area contributed by atoms with Crippen LogP contribution < -0.4 is 10.6 Å². The number of amides is 1. The standard InChI is InChI=1S/C25H29N3O3S/c1-5-31-24(30)22-17(4)26-25(28-23(22)18-11-7-6-8-12-18)32-15-21(29)27-20-14-10-9-13-19(20)16(2)3/h6-14,16,23H,5,15H2,1-4H3,(H,26,28)(H,27,29)/t23-/m1/s1.